The molecule has 2 aromatic rings. The number of benzene rings is 1. The molecule has 0 saturated heterocycles. The Morgan fingerprint density at radius 2 is 2.17 bits per heavy atom. The molecule has 0 fully saturated rings. The summed E-state index contributed by atoms with van der Waals surface area (Å²) in [6, 6.07) is 4.39. The number of aromatic nitrogens is 2. The fourth-order valence-corrected chi connectivity index (χ4v) is 1.76. The Bertz CT molecular complexity index is 560. The van der Waals surface area contributed by atoms with Gasteiger partial charge in [-0.15, -0.1) is 0 Å². The van der Waals surface area contributed by atoms with Gasteiger partial charge in [0.05, 0.1) is 15.2 Å². The Morgan fingerprint density at radius 1 is 1.39 bits per heavy atom. The van der Waals surface area contributed by atoms with E-state index in [0.717, 1.165) is 0 Å². The minimum absolute atomic E-state index is 0.140. The normalized spacial score (nSPS) is 10.2. The Hall–Kier alpha value is -1.44. The molecule has 0 radical (unpaired) electrons. The maximum atomic E-state index is 13.6. The Morgan fingerprint density at radius 3 is 2.83 bits per heavy atom. The number of hydrogen-bond acceptors (Lipinski definition) is 5. The van der Waals surface area contributed by atoms with E-state index in [1.165, 1.54) is 18.3 Å². The second-order valence-electron chi connectivity index (χ2n) is 3.26. The lowest BCUT2D eigenvalue weighted by atomic mass is 10.3. The van der Waals surface area contributed by atoms with E-state index in [-0.39, 0.29) is 16.7 Å². The lowest BCUT2D eigenvalue weighted by molar-refractivity contribution is 0.632. The highest BCUT2D eigenvalue weighted by molar-refractivity contribution is 9.10. The van der Waals surface area contributed by atoms with E-state index >= 15 is 0 Å². The van der Waals surface area contributed by atoms with E-state index in [4.69, 9.17) is 17.4 Å². The largest absolute Gasteiger partial charge is 0.336 e. The number of nitrogens with zero attached hydrogens (tertiary/aromatic N) is 2. The van der Waals surface area contributed by atoms with Crippen molar-refractivity contribution in [1.29, 1.82) is 0 Å². The van der Waals surface area contributed by atoms with Crippen molar-refractivity contribution < 1.29 is 4.39 Å². The lowest BCUT2D eigenvalue weighted by Gasteiger charge is -2.10. The molecule has 1 aromatic carbocycles. The molecule has 1 aromatic heterocycles. The molecule has 0 unspecified atom stereocenters. The van der Waals surface area contributed by atoms with E-state index in [0.29, 0.717) is 10.3 Å². The minimum atomic E-state index is -0.477. The number of nitrogens with one attached hydrogen (secondary N) is 2. The number of hydrogen-bond donors (Lipinski definition) is 3. The molecule has 0 amide bonds. The van der Waals surface area contributed by atoms with Gasteiger partial charge in [-0.25, -0.2) is 15.2 Å². The van der Waals surface area contributed by atoms with E-state index in [2.05, 4.69) is 36.6 Å². The van der Waals surface area contributed by atoms with Crippen molar-refractivity contribution in [2.24, 2.45) is 5.84 Å². The molecular weight excluding hydrogens is 324 g/mol. The van der Waals surface area contributed by atoms with Crippen LogP contribution >= 0.6 is 27.5 Å². The van der Waals surface area contributed by atoms with E-state index < -0.39 is 5.82 Å². The molecule has 8 heteroatoms. The Balaban J connectivity index is 2.39. The third-order valence-corrected chi connectivity index (χ3v) is 2.97. The van der Waals surface area contributed by atoms with Crippen LogP contribution in [-0.2, 0) is 0 Å². The summed E-state index contributed by atoms with van der Waals surface area (Å²) in [7, 11) is 0. The van der Waals surface area contributed by atoms with Gasteiger partial charge in [0.2, 0.25) is 5.95 Å². The van der Waals surface area contributed by atoms with Crippen molar-refractivity contribution >= 4 is 45.0 Å². The molecule has 18 heavy (non-hydrogen) atoms. The molecule has 1 heterocycles. The van der Waals surface area contributed by atoms with Crippen molar-refractivity contribution in [3.63, 3.8) is 0 Å². The van der Waals surface area contributed by atoms with Gasteiger partial charge in [0.1, 0.15) is 5.82 Å². The highest BCUT2D eigenvalue weighted by atomic mass is 79.9. The highest BCUT2D eigenvalue weighted by Crippen LogP contribution is 2.30. The van der Waals surface area contributed by atoms with Crippen LogP contribution in [0.25, 0.3) is 0 Å². The third-order valence-electron chi connectivity index (χ3n) is 2.08. The number of para-hydroxylation sites is 1. The van der Waals surface area contributed by atoms with Crippen LogP contribution in [0.5, 0.6) is 0 Å². The van der Waals surface area contributed by atoms with Gasteiger partial charge in [-0.1, -0.05) is 17.7 Å². The molecular formula is C10H8BrClFN5. The van der Waals surface area contributed by atoms with Crippen LogP contribution in [0.1, 0.15) is 0 Å². The highest BCUT2D eigenvalue weighted by Gasteiger charge is 2.10. The summed E-state index contributed by atoms with van der Waals surface area (Å²) in [5, 5.41) is 3.04. The summed E-state index contributed by atoms with van der Waals surface area (Å²) in [5.74, 6) is 5.28. The predicted molar refractivity (Wildman–Crippen MR) is 72.2 cm³/mol. The van der Waals surface area contributed by atoms with Crippen LogP contribution in [0.4, 0.5) is 21.8 Å². The van der Waals surface area contributed by atoms with Gasteiger partial charge < -0.3 is 5.32 Å². The van der Waals surface area contributed by atoms with Crippen LogP contribution < -0.4 is 16.6 Å². The summed E-state index contributed by atoms with van der Waals surface area (Å²) >= 11 is 9.15. The second kappa shape index (κ2) is 5.47. The van der Waals surface area contributed by atoms with Crippen LogP contribution in [0.2, 0.25) is 5.02 Å². The zero-order valence-electron chi connectivity index (χ0n) is 8.92. The first-order valence-electron chi connectivity index (χ1n) is 4.82. The van der Waals surface area contributed by atoms with Gasteiger partial charge >= 0.3 is 0 Å². The number of rotatable bonds is 3. The molecule has 4 N–H and O–H groups in total. The maximum absolute atomic E-state index is 13.6. The van der Waals surface area contributed by atoms with Crippen molar-refractivity contribution in [3.8, 4) is 0 Å². The van der Waals surface area contributed by atoms with Crippen LogP contribution in [0, 0.1) is 5.82 Å². The Labute approximate surface area is 116 Å². The molecule has 5 nitrogen and oxygen atoms in total. The van der Waals surface area contributed by atoms with Crippen molar-refractivity contribution in [1.82, 2.24) is 9.97 Å². The average Bonchev–Trinajstić information content (AvgIpc) is 2.36. The number of hydrazine groups is 1. The smallest absolute Gasteiger partial charge is 0.239 e. The SMILES string of the molecule is NNc1ncc(Br)c(Nc2c(F)cccc2Cl)n1. The number of anilines is 3. The van der Waals surface area contributed by atoms with Crippen molar-refractivity contribution in [2.45, 2.75) is 0 Å². The first-order chi connectivity index (χ1) is 8.61. The van der Waals surface area contributed by atoms with Gasteiger partial charge in [0.25, 0.3) is 0 Å². The van der Waals surface area contributed by atoms with Gasteiger partial charge in [-0.05, 0) is 28.1 Å². The summed E-state index contributed by atoms with van der Waals surface area (Å²) in [4.78, 5) is 7.92. The van der Waals surface area contributed by atoms with Gasteiger partial charge in [0, 0.05) is 6.20 Å². The van der Waals surface area contributed by atoms with Crippen molar-refractivity contribution in [3.05, 3.63) is 39.7 Å². The molecule has 94 valence electrons. The zero-order valence-corrected chi connectivity index (χ0v) is 11.3. The topological polar surface area (TPSA) is 75.9 Å². The standard InChI is InChI=1S/C10H8BrClFN5/c11-5-4-15-10(18-14)17-9(5)16-8-6(12)2-1-3-7(8)13/h1-4H,14H2,(H2,15,16,17,18). The Kier molecular flexibility index (Phi) is 3.95. The summed E-state index contributed by atoms with van der Waals surface area (Å²) in [5.41, 5.74) is 2.44. The lowest BCUT2D eigenvalue weighted by Crippen LogP contribution is -2.11. The first-order valence-corrected chi connectivity index (χ1v) is 5.99. The molecule has 0 spiro atoms. The third kappa shape index (κ3) is 2.69. The minimum Gasteiger partial charge on any atom is -0.336 e. The van der Waals surface area contributed by atoms with Gasteiger partial charge in [-0.3, -0.25) is 5.43 Å². The van der Waals surface area contributed by atoms with Crippen LogP contribution in [0.15, 0.2) is 28.9 Å². The molecule has 0 aliphatic rings. The number of nitrogens with two attached hydrogens (primary N) is 1. The van der Waals surface area contributed by atoms with E-state index in [1.54, 1.807) is 6.07 Å². The van der Waals surface area contributed by atoms with E-state index in [9.17, 15) is 4.39 Å². The fourth-order valence-electron chi connectivity index (χ4n) is 1.26. The van der Waals surface area contributed by atoms with Crippen molar-refractivity contribution in [2.75, 3.05) is 10.7 Å². The molecule has 0 saturated carbocycles. The first kappa shape index (κ1) is 13.0. The summed E-state index contributed by atoms with van der Waals surface area (Å²) < 4.78 is 14.2. The molecule has 0 atom stereocenters. The average molecular weight is 333 g/mol. The maximum Gasteiger partial charge on any atom is 0.239 e. The van der Waals surface area contributed by atoms with Gasteiger partial charge in [0.15, 0.2) is 5.82 Å². The molecule has 0 bridgehead atoms. The quantitative estimate of drug-likeness (QED) is 0.595. The summed E-state index contributed by atoms with van der Waals surface area (Å²) in [6.07, 6.45) is 1.49. The monoisotopic (exact) mass is 331 g/mol. The number of nitrogen functional groups attached to an aromatic ring is 1. The molecule has 0 aliphatic carbocycles. The second-order valence-corrected chi connectivity index (χ2v) is 4.52. The molecule has 0 aliphatic heterocycles. The zero-order chi connectivity index (χ0) is 13.1. The van der Waals surface area contributed by atoms with Crippen LogP contribution in [-0.4, -0.2) is 9.97 Å². The fraction of sp³-hybridized carbons (Fsp3) is 0. The number of halogens is 3. The van der Waals surface area contributed by atoms with Crippen LogP contribution in [0.3, 0.4) is 0 Å². The molecule has 2 rings (SSSR count). The van der Waals surface area contributed by atoms with Gasteiger partial charge in [-0.2, -0.15) is 4.98 Å². The predicted octanol–water partition coefficient (Wildman–Crippen LogP) is 3.06. The van der Waals surface area contributed by atoms with E-state index in [1.807, 2.05) is 0 Å². The summed E-state index contributed by atoms with van der Waals surface area (Å²) in [6.45, 7) is 0.